The number of hydrogen-bond donors (Lipinski definition) is 1. The van der Waals surface area contributed by atoms with Gasteiger partial charge in [0.1, 0.15) is 5.82 Å². The second kappa shape index (κ2) is 6.51. The molecule has 1 aromatic carbocycles. The predicted octanol–water partition coefficient (Wildman–Crippen LogP) is 4.29. The molecule has 4 heteroatoms. The summed E-state index contributed by atoms with van der Waals surface area (Å²) in [5, 5.41) is 3.00. The van der Waals surface area contributed by atoms with Crippen LogP contribution in [0.5, 0.6) is 0 Å². The molecule has 0 spiro atoms. The monoisotopic (exact) mass is 327 g/mol. The van der Waals surface area contributed by atoms with Crippen LogP contribution in [0, 0.1) is 11.7 Å². The molecule has 0 aliphatic heterocycles. The van der Waals surface area contributed by atoms with E-state index < -0.39 is 5.82 Å². The third-order valence-corrected chi connectivity index (χ3v) is 4.53. The first-order valence-electron chi connectivity index (χ1n) is 6.84. The molecule has 2 rings (SSSR count). The van der Waals surface area contributed by atoms with Crippen molar-refractivity contribution in [3.8, 4) is 0 Å². The van der Waals surface area contributed by atoms with Gasteiger partial charge in [-0.3, -0.25) is 4.79 Å². The van der Waals surface area contributed by atoms with E-state index >= 15 is 0 Å². The topological polar surface area (TPSA) is 29.1 Å². The van der Waals surface area contributed by atoms with Crippen molar-refractivity contribution in [2.45, 2.75) is 45.1 Å². The SMILES string of the molecule is CC1CCCCCC1NC(=O)c1c(F)cccc1Br. The first kappa shape index (κ1) is 14.5. The maximum Gasteiger partial charge on any atom is 0.255 e. The highest BCUT2D eigenvalue weighted by Crippen LogP contribution is 2.25. The lowest BCUT2D eigenvalue weighted by atomic mass is 9.96. The second-order valence-corrected chi connectivity index (χ2v) is 6.15. The van der Waals surface area contributed by atoms with E-state index in [1.165, 1.54) is 18.9 Å². The molecule has 2 atom stereocenters. The Morgan fingerprint density at radius 2 is 2.05 bits per heavy atom. The zero-order chi connectivity index (χ0) is 13.8. The summed E-state index contributed by atoms with van der Waals surface area (Å²) >= 11 is 3.24. The minimum Gasteiger partial charge on any atom is -0.349 e. The number of rotatable bonds is 2. The van der Waals surface area contributed by atoms with Gasteiger partial charge in [-0.05, 0) is 46.8 Å². The van der Waals surface area contributed by atoms with Crippen LogP contribution >= 0.6 is 15.9 Å². The van der Waals surface area contributed by atoms with Crippen molar-refractivity contribution >= 4 is 21.8 Å². The van der Waals surface area contributed by atoms with Crippen molar-refractivity contribution in [1.82, 2.24) is 5.32 Å². The van der Waals surface area contributed by atoms with Crippen molar-refractivity contribution in [3.05, 3.63) is 34.1 Å². The normalized spacial score (nSPS) is 23.7. The Balaban J connectivity index is 2.12. The van der Waals surface area contributed by atoms with Gasteiger partial charge in [0.2, 0.25) is 0 Å². The average molecular weight is 328 g/mol. The number of carbonyl (C=O) groups is 1. The van der Waals surface area contributed by atoms with Gasteiger partial charge in [0.15, 0.2) is 0 Å². The first-order chi connectivity index (χ1) is 9.09. The van der Waals surface area contributed by atoms with Gasteiger partial charge in [0, 0.05) is 10.5 Å². The highest BCUT2D eigenvalue weighted by Gasteiger charge is 2.24. The molecule has 1 aliphatic carbocycles. The molecule has 2 unspecified atom stereocenters. The van der Waals surface area contributed by atoms with Gasteiger partial charge in [-0.1, -0.05) is 32.3 Å². The third-order valence-electron chi connectivity index (χ3n) is 3.87. The summed E-state index contributed by atoms with van der Waals surface area (Å²) in [7, 11) is 0. The number of halogens is 2. The predicted molar refractivity (Wildman–Crippen MR) is 77.6 cm³/mol. The van der Waals surface area contributed by atoms with E-state index in [-0.39, 0.29) is 17.5 Å². The standard InChI is InChI=1S/C15H19BrFNO/c1-10-6-3-2-4-9-13(10)18-15(19)14-11(16)7-5-8-12(14)17/h5,7-8,10,13H,2-4,6,9H2,1H3,(H,18,19). The highest BCUT2D eigenvalue weighted by molar-refractivity contribution is 9.10. The number of nitrogens with one attached hydrogen (secondary N) is 1. The van der Waals surface area contributed by atoms with Gasteiger partial charge < -0.3 is 5.32 Å². The Kier molecular flexibility index (Phi) is 4.97. The van der Waals surface area contributed by atoms with Crippen molar-refractivity contribution in [1.29, 1.82) is 0 Å². The maximum atomic E-state index is 13.7. The van der Waals surface area contributed by atoms with Gasteiger partial charge in [0.25, 0.3) is 5.91 Å². The molecule has 2 nitrogen and oxygen atoms in total. The largest absolute Gasteiger partial charge is 0.349 e. The summed E-state index contributed by atoms with van der Waals surface area (Å²) < 4.78 is 14.2. The van der Waals surface area contributed by atoms with Crippen LogP contribution in [-0.4, -0.2) is 11.9 Å². The van der Waals surface area contributed by atoms with E-state index in [0.29, 0.717) is 10.4 Å². The molecule has 1 aromatic rings. The lowest BCUT2D eigenvalue weighted by molar-refractivity contribution is 0.0916. The summed E-state index contributed by atoms with van der Waals surface area (Å²) in [6, 6.07) is 4.75. The van der Waals surface area contributed by atoms with Crippen LogP contribution in [0.4, 0.5) is 4.39 Å². The molecule has 1 fully saturated rings. The number of hydrogen-bond acceptors (Lipinski definition) is 1. The lowest BCUT2D eigenvalue weighted by Gasteiger charge is -2.23. The van der Waals surface area contributed by atoms with Gasteiger partial charge in [0.05, 0.1) is 5.56 Å². The summed E-state index contributed by atoms with van der Waals surface area (Å²) in [6.45, 7) is 2.16. The molecule has 0 saturated heterocycles. The van der Waals surface area contributed by atoms with E-state index in [1.807, 2.05) is 0 Å². The molecule has 1 aliphatic rings. The van der Waals surface area contributed by atoms with Gasteiger partial charge in [-0.25, -0.2) is 4.39 Å². The number of amides is 1. The van der Waals surface area contributed by atoms with E-state index in [9.17, 15) is 9.18 Å². The minimum absolute atomic E-state index is 0.110. The quantitative estimate of drug-likeness (QED) is 0.807. The van der Waals surface area contributed by atoms with Crippen LogP contribution < -0.4 is 5.32 Å². The van der Waals surface area contributed by atoms with Crippen LogP contribution in [0.2, 0.25) is 0 Å². The molecular formula is C15H19BrFNO. The van der Waals surface area contributed by atoms with Crippen LogP contribution in [0.3, 0.4) is 0 Å². The average Bonchev–Trinajstić information content (AvgIpc) is 2.55. The molecule has 0 bridgehead atoms. The smallest absolute Gasteiger partial charge is 0.255 e. The minimum atomic E-state index is -0.479. The van der Waals surface area contributed by atoms with Gasteiger partial charge in [-0.15, -0.1) is 0 Å². The molecular weight excluding hydrogens is 309 g/mol. The molecule has 1 N–H and O–H groups in total. The molecule has 0 aromatic heterocycles. The van der Waals surface area contributed by atoms with Crippen LogP contribution in [0.25, 0.3) is 0 Å². The van der Waals surface area contributed by atoms with Crippen molar-refractivity contribution in [2.75, 3.05) is 0 Å². The Morgan fingerprint density at radius 1 is 1.32 bits per heavy atom. The Morgan fingerprint density at radius 3 is 2.79 bits per heavy atom. The van der Waals surface area contributed by atoms with Crippen LogP contribution in [0.1, 0.15) is 49.4 Å². The fourth-order valence-electron chi connectivity index (χ4n) is 2.66. The molecule has 0 heterocycles. The van der Waals surface area contributed by atoms with Crippen LogP contribution in [-0.2, 0) is 0 Å². The number of benzene rings is 1. The van der Waals surface area contributed by atoms with Gasteiger partial charge >= 0.3 is 0 Å². The molecule has 19 heavy (non-hydrogen) atoms. The Labute approximate surface area is 121 Å². The van der Waals surface area contributed by atoms with E-state index in [1.54, 1.807) is 12.1 Å². The van der Waals surface area contributed by atoms with Crippen molar-refractivity contribution in [3.63, 3.8) is 0 Å². The van der Waals surface area contributed by atoms with Gasteiger partial charge in [-0.2, -0.15) is 0 Å². The molecule has 1 saturated carbocycles. The fraction of sp³-hybridized carbons (Fsp3) is 0.533. The summed E-state index contributed by atoms with van der Waals surface area (Å²) in [5.74, 6) is -0.339. The lowest BCUT2D eigenvalue weighted by Crippen LogP contribution is -2.39. The summed E-state index contributed by atoms with van der Waals surface area (Å²) in [6.07, 6.45) is 5.69. The zero-order valence-corrected chi connectivity index (χ0v) is 12.7. The third kappa shape index (κ3) is 3.56. The number of carbonyl (C=O) groups excluding carboxylic acids is 1. The second-order valence-electron chi connectivity index (χ2n) is 5.29. The van der Waals surface area contributed by atoms with E-state index in [2.05, 4.69) is 28.2 Å². The first-order valence-corrected chi connectivity index (χ1v) is 7.63. The molecule has 0 radical (unpaired) electrons. The molecule has 104 valence electrons. The Hall–Kier alpha value is -0.900. The molecule has 1 amide bonds. The zero-order valence-electron chi connectivity index (χ0n) is 11.1. The van der Waals surface area contributed by atoms with Crippen molar-refractivity contribution < 1.29 is 9.18 Å². The van der Waals surface area contributed by atoms with E-state index in [4.69, 9.17) is 0 Å². The summed E-state index contributed by atoms with van der Waals surface area (Å²) in [5.41, 5.74) is 0.110. The highest BCUT2D eigenvalue weighted by atomic mass is 79.9. The Bertz CT molecular complexity index is 443. The fourth-order valence-corrected chi connectivity index (χ4v) is 3.18. The van der Waals surface area contributed by atoms with E-state index in [0.717, 1.165) is 19.3 Å². The summed E-state index contributed by atoms with van der Waals surface area (Å²) in [4.78, 5) is 12.2. The van der Waals surface area contributed by atoms with Crippen molar-refractivity contribution in [2.24, 2.45) is 5.92 Å². The van der Waals surface area contributed by atoms with Crippen LogP contribution in [0.15, 0.2) is 22.7 Å². The maximum absolute atomic E-state index is 13.7.